The van der Waals surface area contributed by atoms with Crippen molar-refractivity contribution in [2.75, 3.05) is 20.2 Å². The molecule has 0 spiro atoms. The van der Waals surface area contributed by atoms with Gasteiger partial charge in [-0.1, -0.05) is 6.92 Å². The van der Waals surface area contributed by atoms with Crippen LogP contribution in [0.3, 0.4) is 0 Å². The van der Waals surface area contributed by atoms with Gasteiger partial charge in [0, 0.05) is 36.1 Å². The predicted octanol–water partition coefficient (Wildman–Crippen LogP) is 3.37. The average Bonchev–Trinajstić information content (AvgIpc) is 2.96. The zero-order chi connectivity index (χ0) is 15.5. The number of amides is 1. The first-order chi connectivity index (χ1) is 10.7. The third-order valence-corrected chi connectivity index (χ3v) is 4.76. The van der Waals surface area contributed by atoms with Crippen LogP contribution >= 0.6 is 0 Å². The van der Waals surface area contributed by atoms with Crippen LogP contribution in [0.4, 0.5) is 0 Å². The fraction of sp³-hybridized carbons (Fsp3) is 0.500. The van der Waals surface area contributed by atoms with E-state index < -0.39 is 0 Å². The second kappa shape index (κ2) is 6.42. The van der Waals surface area contributed by atoms with Crippen molar-refractivity contribution in [1.29, 1.82) is 0 Å². The summed E-state index contributed by atoms with van der Waals surface area (Å²) in [5.74, 6) is 1.44. The third kappa shape index (κ3) is 2.82. The number of aromatic nitrogens is 1. The monoisotopic (exact) mass is 300 g/mol. The van der Waals surface area contributed by atoms with Gasteiger partial charge in [0.2, 0.25) is 5.91 Å². The zero-order valence-electron chi connectivity index (χ0n) is 13.4. The number of likely N-dealkylation sites (tertiary alicyclic amines) is 1. The van der Waals surface area contributed by atoms with E-state index in [0.29, 0.717) is 5.91 Å². The van der Waals surface area contributed by atoms with Crippen molar-refractivity contribution in [2.45, 2.75) is 32.6 Å². The lowest BCUT2D eigenvalue weighted by atomic mass is 9.94. The van der Waals surface area contributed by atoms with E-state index in [1.54, 1.807) is 7.11 Å². The molecule has 1 fully saturated rings. The summed E-state index contributed by atoms with van der Waals surface area (Å²) < 4.78 is 5.31. The molecule has 1 amide bonds. The van der Waals surface area contributed by atoms with Crippen LogP contribution in [0.15, 0.2) is 24.4 Å². The van der Waals surface area contributed by atoms with E-state index >= 15 is 0 Å². The van der Waals surface area contributed by atoms with Crippen molar-refractivity contribution >= 4 is 16.8 Å². The molecule has 22 heavy (non-hydrogen) atoms. The molecule has 3 rings (SSSR count). The summed E-state index contributed by atoms with van der Waals surface area (Å²) in [4.78, 5) is 17.7. The van der Waals surface area contributed by atoms with E-state index in [2.05, 4.69) is 24.2 Å². The van der Waals surface area contributed by atoms with Gasteiger partial charge in [0.15, 0.2) is 0 Å². The number of fused-ring (bicyclic) bond motifs is 1. The van der Waals surface area contributed by atoms with Gasteiger partial charge in [0.25, 0.3) is 0 Å². The second-order valence-corrected chi connectivity index (χ2v) is 6.05. The molecular formula is C18H24N2O2. The molecule has 1 aromatic carbocycles. The summed E-state index contributed by atoms with van der Waals surface area (Å²) in [6.07, 6.45) is 6.08. The summed E-state index contributed by atoms with van der Waals surface area (Å²) in [5, 5.41) is 1.19. The number of carbonyl (C=O) groups is 1. The minimum Gasteiger partial charge on any atom is -0.497 e. The highest BCUT2D eigenvalue weighted by molar-refractivity contribution is 5.85. The number of nitrogens with zero attached hydrogens (tertiary/aromatic N) is 1. The highest BCUT2D eigenvalue weighted by Crippen LogP contribution is 2.25. The van der Waals surface area contributed by atoms with E-state index in [-0.39, 0.29) is 5.92 Å². The maximum absolute atomic E-state index is 12.4. The number of hydrogen-bond acceptors (Lipinski definition) is 2. The smallest absolute Gasteiger partial charge is 0.225 e. The Kier molecular flexibility index (Phi) is 4.36. The first-order valence-corrected chi connectivity index (χ1v) is 8.15. The molecule has 0 bridgehead atoms. The predicted molar refractivity (Wildman–Crippen MR) is 88.1 cm³/mol. The molecule has 1 N–H and O–H groups in total. The SMILES string of the molecule is CCC1CCCN(CCc2c[nH]c3ccc(OC)cc23)C1=O. The van der Waals surface area contributed by atoms with E-state index in [9.17, 15) is 4.79 Å². The molecule has 0 aliphatic carbocycles. The Morgan fingerprint density at radius 3 is 3.05 bits per heavy atom. The first kappa shape index (κ1) is 14.9. The van der Waals surface area contributed by atoms with Crippen molar-refractivity contribution in [1.82, 2.24) is 9.88 Å². The van der Waals surface area contributed by atoms with Gasteiger partial charge in [-0.2, -0.15) is 0 Å². The largest absolute Gasteiger partial charge is 0.497 e. The second-order valence-electron chi connectivity index (χ2n) is 6.05. The fourth-order valence-corrected chi connectivity index (χ4v) is 3.37. The van der Waals surface area contributed by atoms with Gasteiger partial charge >= 0.3 is 0 Å². The number of H-pyrrole nitrogens is 1. The van der Waals surface area contributed by atoms with Gasteiger partial charge in [-0.15, -0.1) is 0 Å². The number of piperidine rings is 1. The average molecular weight is 300 g/mol. The molecule has 4 nitrogen and oxygen atoms in total. The van der Waals surface area contributed by atoms with Crippen molar-refractivity contribution in [3.05, 3.63) is 30.0 Å². The number of carbonyl (C=O) groups excluding carboxylic acids is 1. The van der Waals surface area contributed by atoms with Crippen LogP contribution in [0.25, 0.3) is 10.9 Å². The van der Waals surface area contributed by atoms with Gasteiger partial charge in [0.1, 0.15) is 5.75 Å². The molecule has 1 atom stereocenters. The summed E-state index contributed by atoms with van der Waals surface area (Å²) in [6, 6.07) is 6.06. The molecule has 1 saturated heterocycles. The van der Waals surface area contributed by atoms with Crippen LogP contribution in [0.2, 0.25) is 0 Å². The number of benzene rings is 1. The van der Waals surface area contributed by atoms with E-state index in [1.807, 2.05) is 17.0 Å². The highest BCUT2D eigenvalue weighted by Gasteiger charge is 2.26. The fourth-order valence-electron chi connectivity index (χ4n) is 3.37. The topological polar surface area (TPSA) is 45.3 Å². The van der Waals surface area contributed by atoms with Gasteiger partial charge in [-0.05, 0) is 49.4 Å². The number of hydrogen-bond donors (Lipinski definition) is 1. The lowest BCUT2D eigenvalue weighted by Crippen LogP contribution is -2.42. The van der Waals surface area contributed by atoms with Crippen LogP contribution in [0, 0.1) is 5.92 Å². The highest BCUT2D eigenvalue weighted by atomic mass is 16.5. The minimum atomic E-state index is 0.233. The van der Waals surface area contributed by atoms with E-state index in [1.165, 1.54) is 10.9 Å². The molecular weight excluding hydrogens is 276 g/mol. The van der Waals surface area contributed by atoms with Crippen LogP contribution in [0.1, 0.15) is 31.7 Å². The van der Waals surface area contributed by atoms with Crippen LogP contribution in [-0.4, -0.2) is 36.0 Å². The van der Waals surface area contributed by atoms with Gasteiger partial charge in [0.05, 0.1) is 7.11 Å². The molecule has 1 aromatic heterocycles. The Bertz CT molecular complexity index is 662. The quantitative estimate of drug-likeness (QED) is 0.920. The molecule has 2 heterocycles. The van der Waals surface area contributed by atoms with E-state index in [4.69, 9.17) is 4.74 Å². The molecule has 4 heteroatoms. The van der Waals surface area contributed by atoms with Crippen molar-refractivity contribution in [3.8, 4) is 5.75 Å². The van der Waals surface area contributed by atoms with Gasteiger partial charge in [-0.3, -0.25) is 4.79 Å². The zero-order valence-corrected chi connectivity index (χ0v) is 13.4. The molecule has 1 unspecified atom stereocenters. The van der Waals surface area contributed by atoms with Gasteiger partial charge < -0.3 is 14.6 Å². The Hall–Kier alpha value is -1.97. The lowest BCUT2D eigenvalue weighted by Gasteiger charge is -2.31. The van der Waals surface area contributed by atoms with Crippen molar-refractivity contribution in [2.24, 2.45) is 5.92 Å². The molecule has 118 valence electrons. The summed E-state index contributed by atoms with van der Waals surface area (Å²) in [7, 11) is 1.69. The lowest BCUT2D eigenvalue weighted by molar-refractivity contribution is -0.138. The maximum atomic E-state index is 12.4. The van der Waals surface area contributed by atoms with E-state index in [0.717, 1.165) is 50.0 Å². The standard InChI is InChI=1S/C18H24N2O2/c1-3-13-5-4-9-20(18(13)21)10-8-14-12-19-17-7-6-15(22-2)11-16(14)17/h6-7,11-13,19H,3-5,8-10H2,1-2H3. The Balaban J connectivity index is 1.72. The summed E-state index contributed by atoms with van der Waals surface area (Å²) >= 11 is 0. The number of nitrogens with one attached hydrogen (secondary N) is 1. The van der Waals surface area contributed by atoms with Crippen LogP contribution in [-0.2, 0) is 11.2 Å². The first-order valence-electron chi connectivity index (χ1n) is 8.15. The maximum Gasteiger partial charge on any atom is 0.225 e. The van der Waals surface area contributed by atoms with Gasteiger partial charge in [-0.25, -0.2) is 0 Å². The Morgan fingerprint density at radius 1 is 1.41 bits per heavy atom. The third-order valence-electron chi connectivity index (χ3n) is 4.76. The number of rotatable bonds is 5. The van der Waals surface area contributed by atoms with Crippen LogP contribution < -0.4 is 4.74 Å². The van der Waals surface area contributed by atoms with Crippen molar-refractivity contribution < 1.29 is 9.53 Å². The summed E-state index contributed by atoms with van der Waals surface area (Å²) in [6.45, 7) is 3.82. The molecule has 0 saturated carbocycles. The number of aromatic amines is 1. The number of methoxy groups -OCH3 is 1. The molecule has 1 aliphatic rings. The number of ether oxygens (including phenoxy) is 1. The summed E-state index contributed by atoms with van der Waals surface area (Å²) in [5.41, 5.74) is 2.37. The van der Waals surface area contributed by atoms with Crippen molar-refractivity contribution in [3.63, 3.8) is 0 Å². The molecule has 2 aromatic rings. The molecule has 0 radical (unpaired) electrons. The minimum absolute atomic E-state index is 0.233. The normalized spacial score (nSPS) is 18.9. The Morgan fingerprint density at radius 2 is 2.27 bits per heavy atom. The Labute approximate surface area is 131 Å². The van der Waals surface area contributed by atoms with Crippen LogP contribution in [0.5, 0.6) is 5.75 Å². The molecule has 1 aliphatic heterocycles.